The number of benzene rings is 1. The number of H-pyrrole nitrogens is 1. The van der Waals surface area contributed by atoms with Gasteiger partial charge in [0.05, 0.1) is 0 Å². The standard InChI is InChI=1S/C16H16N5O7PS/c1-15(25)12(23)16(19-20-17,9-26-29(30)28-10-5-3-2-4-6-10)27-13(15)21-8-7-11(22)18-14(21)24/h2-8,12-13,23,25H,9H2,1H3/p+1/t12-,13+,15+,16+/m0/s1. The number of para-hydroxylation sites is 1. The predicted molar refractivity (Wildman–Crippen MR) is 107 cm³/mol. The Bertz CT molecular complexity index is 1100. The molecule has 2 heterocycles. The Morgan fingerprint density at radius 3 is 2.73 bits per heavy atom. The van der Waals surface area contributed by atoms with E-state index in [1.54, 1.807) is 30.3 Å². The lowest BCUT2D eigenvalue weighted by Gasteiger charge is -2.28. The third-order valence-electron chi connectivity index (χ3n) is 4.41. The number of nitrogens with zero attached hydrogens (tertiary/aromatic N) is 4. The van der Waals surface area contributed by atoms with E-state index in [2.05, 4.69) is 10.0 Å². The minimum absolute atomic E-state index is 0.453. The van der Waals surface area contributed by atoms with Gasteiger partial charge in [0, 0.05) is 17.2 Å². The molecular weight excluding hydrogens is 437 g/mol. The number of aromatic nitrogens is 2. The first kappa shape index (κ1) is 22.1. The highest BCUT2D eigenvalue weighted by Gasteiger charge is 2.63. The van der Waals surface area contributed by atoms with Gasteiger partial charge in [0.15, 0.2) is 12.0 Å². The molecule has 1 unspecified atom stereocenters. The van der Waals surface area contributed by atoms with Gasteiger partial charge < -0.3 is 14.9 Å². The molecule has 1 fully saturated rings. The molecular formula is C16H17N5O7PS+. The summed E-state index contributed by atoms with van der Waals surface area (Å²) in [6.07, 6.45) is -2.23. The Labute approximate surface area is 174 Å². The number of hydrogen-bond donors (Lipinski definition) is 3. The summed E-state index contributed by atoms with van der Waals surface area (Å²) in [4.78, 5) is 28.1. The van der Waals surface area contributed by atoms with Crippen molar-refractivity contribution >= 4 is 19.0 Å². The van der Waals surface area contributed by atoms with Crippen molar-refractivity contribution in [3.05, 3.63) is 73.9 Å². The van der Waals surface area contributed by atoms with Gasteiger partial charge in [-0.25, -0.2) is 4.79 Å². The number of nitrogens with one attached hydrogen (secondary N) is 1. The minimum Gasteiger partial charge on any atom is -0.387 e. The average molecular weight is 454 g/mol. The summed E-state index contributed by atoms with van der Waals surface area (Å²) in [6.45, 7) is 0.622. The largest absolute Gasteiger partial charge is 0.573 e. The van der Waals surface area contributed by atoms with Crippen LogP contribution in [-0.2, 0) is 21.1 Å². The fourth-order valence-corrected chi connectivity index (χ4v) is 4.01. The number of aliphatic hydroxyl groups is 2. The van der Waals surface area contributed by atoms with E-state index in [9.17, 15) is 19.8 Å². The molecule has 0 bridgehead atoms. The molecule has 30 heavy (non-hydrogen) atoms. The second-order valence-corrected chi connectivity index (χ2v) is 8.33. The van der Waals surface area contributed by atoms with Gasteiger partial charge in [0.2, 0.25) is 17.5 Å². The quantitative estimate of drug-likeness (QED) is 0.241. The average Bonchev–Trinajstić information content (AvgIpc) is 2.89. The van der Waals surface area contributed by atoms with Crippen molar-refractivity contribution in [1.82, 2.24) is 9.55 Å². The van der Waals surface area contributed by atoms with Gasteiger partial charge in [-0.15, -0.1) is 4.52 Å². The summed E-state index contributed by atoms with van der Waals surface area (Å²) < 4.78 is 17.4. The first-order valence-electron chi connectivity index (χ1n) is 8.49. The van der Waals surface area contributed by atoms with Crippen LogP contribution in [0.2, 0.25) is 0 Å². The van der Waals surface area contributed by atoms with E-state index in [4.69, 9.17) is 31.1 Å². The number of rotatable bonds is 7. The number of aliphatic hydroxyl groups excluding tert-OH is 1. The van der Waals surface area contributed by atoms with Gasteiger partial charge in [0.25, 0.3) is 5.56 Å². The Morgan fingerprint density at radius 1 is 1.40 bits per heavy atom. The Hall–Kier alpha value is -2.63. The molecule has 5 atom stereocenters. The molecule has 1 saturated heterocycles. The maximum absolute atomic E-state index is 12.1. The second kappa shape index (κ2) is 8.62. The van der Waals surface area contributed by atoms with Crippen LogP contribution in [0.15, 0.2) is 57.3 Å². The molecule has 158 valence electrons. The van der Waals surface area contributed by atoms with E-state index in [1.807, 2.05) is 4.98 Å². The topological polar surface area (TPSA) is 172 Å². The van der Waals surface area contributed by atoms with E-state index in [-0.39, 0.29) is 0 Å². The van der Waals surface area contributed by atoms with Crippen molar-refractivity contribution in [2.75, 3.05) is 6.61 Å². The zero-order valence-corrected chi connectivity index (χ0v) is 17.2. The van der Waals surface area contributed by atoms with Crippen molar-refractivity contribution in [1.29, 1.82) is 0 Å². The van der Waals surface area contributed by atoms with E-state index in [0.29, 0.717) is 5.75 Å². The molecule has 0 amide bonds. The molecule has 0 saturated carbocycles. The van der Waals surface area contributed by atoms with Gasteiger partial charge in [-0.1, -0.05) is 23.3 Å². The number of ether oxygens (including phenoxy) is 1. The summed E-state index contributed by atoms with van der Waals surface area (Å²) >= 11 is 5.13. The van der Waals surface area contributed by atoms with Crippen molar-refractivity contribution in [3.63, 3.8) is 0 Å². The zero-order chi connectivity index (χ0) is 21.9. The second-order valence-electron chi connectivity index (χ2n) is 6.55. The van der Waals surface area contributed by atoms with Gasteiger partial charge in [-0.3, -0.25) is 18.9 Å². The lowest BCUT2D eigenvalue weighted by molar-refractivity contribution is -0.123. The molecule has 1 aromatic heterocycles. The van der Waals surface area contributed by atoms with Crippen LogP contribution in [0, 0.1) is 0 Å². The third kappa shape index (κ3) is 4.27. The minimum atomic E-state index is -2.11. The Balaban J connectivity index is 1.86. The highest BCUT2D eigenvalue weighted by Crippen LogP contribution is 2.46. The summed E-state index contributed by atoms with van der Waals surface area (Å²) in [5.74, 6) is 0.453. The van der Waals surface area contributed by atoms with Gasteiger partial charge in [-0.2, -0.15) is 0 Å². The van der Waals surface area contributed by atoms with Crippen LogP contribution in [0.1, 0.15) is 13.2 Å². The van der Waals surface area contributed by atoms with Crippen molar-refractivity contribution in [2.45, 2.75) is 30.6 Å². The molecule has 1 aliphatic rings. The predicted octanol–water partition coefficient (Wildman–Crippen LogP) is 1.05. The van der Waals surface area contributed by atoms with Gasteiger partial charge in [-0.05, 0) is 24.6 Å². The molecule has 3 rings (SSSR count). The van der Waals surface area contributed by atoms with Crippen LogP contribution in [0.25, 0.3) is 10.4 Å². The maximum atomic E-state index is 12.1. The summed E-state index contributed by atoms with van der Waals surface area (Å²) in [5, 5.41) is 25.0. The third-order valence-corrected chi connectivity index (χ3v) is 5.65. The lowest BCUT2D eigenvalue weighted by atomic mass is 9.93. The zero-order valence-electron chi connectivity index (χ0n) is 15.5. The first-order valence-corrected chi connectivity index (χ1v) is 10.7. The van der Waals surface area contributed by atoms with Gasteiger partial charge >= 0.3 is 12.8 Å². The lowest BCUT2D eigenvalue weighted by Crippen LogP contribution is -2.50. The SMILES string of the molecule is C[C@]1(O)[C@H](n2ccc(=O)[nH]c2=O)O[C@@](CO[P+](=S)Oc2ccccc2)(N=[N+]=[N-])[C@H]1O. The highest BCUT2D eigenvalue weighted by atomic mass is 32.4. The van der Waals surface area contributed by atoms with Crippen molar-refractivity contribution in [3.8, 4) is 5.75 Å². The summed E-state index contributed by atoms with van der Waals surface area (Å²) in [7, 11) is -1.93. The van der Waals surface area contributed by atoms with Crippen molar-refractivity contribution in [2.24, 2.45) is 5.11 Å². The molecule has 0 aliphatic carbocycles. The smallest absolute Gasteiger partial charge is 0.387 e. The van der Waals surface area contributed by atoms with Crippen molar-refractivity contribution < 1.29 is 24.0 Å². The molecule has 0 spiro atoms. The molecule has 0 radical (unpaired) electrons. The van der Waals surface area contributed by atoms with Crippen LogP contribution < -0.4 is 15.8 Å². The molecule has 14 heteroatoms. The monoisotopic (exact) mass is 454 g/mol. The Kier molecular flexibility index (Phi) is 6.34. The molecule has 12 nitrogen and oxygen atoms in total. The molecule has 1 aromatic carbocycles. The maximum Gasteiger partial charge on any atom is 0.573 e. The fraction of sp³-hybridized carbons (Fsp3) is 0.375. The molecule has 2 aromatic rings. The van der Waals surface area contributed by atoms with E-state index in [1.165, 1.54) is 6.92 Å². The summed E-state index contributed by atoms with van der Waals surface area (Å²) in [6, 6.07) is 9.63. The first-order chi connectivity index (χ1) is 14.2. The van der Waals surface area contributed by atoms with E-state index in [0.717, 1.165) is 16.8 Å². The van der Waals surface area contributed by atoms with Crippen LogP contribution in [0.3, 0.4) is 0 Å². The van der Waals surface area contributed by atoms with Crippen LogP contribution >= 0.6 is 7.15 Å². The normalized spacial score (nSPS) is 28.6. The van der Waals surface area contributed by atoms with Crippen LogP contribution in [0.5, 0.6) is 5.75 Å². The molecule has 1 aliphatic heterocycles. The molecule has 3 N–H and O–H groups in total. The Morgan fingerprint density at radius 2 is 2.10 bits per heavy atom. The summed E-state index contributed by atoms with van der Waals surface area (Å²) in [5.41, 5.74) is 3.23. The highest BCUT2D eigenvalue weighted by molar-refractivity contribution is 8.00. The number of hydrogen-bond acceptors (Lipinski definition) is 9. The van der Waals surface area contributed by atoms with Crippen LogP contribution in [0.4, 0.5) is 0 Å². The van der Waals surface area contributed by atoms with E-state index >= 15 is 0 Å². The number of aromatic amines is 1. The van der Waals surface area contributed by atoms with Gasteiger partial charge in [0.1, 0.15) is 18.3 Å². The van der Waals surface area contributed by atoms with Crippen LogP contribution in [-0.4, -0.2) is 43.8 Å². The number of azide groups is 1. The van der Waals surface area contributed by atoms with E-state index < -0.39 is 48.7 Å². The fourth-order valence-electron chi connectivity index (χ4n) is 2.95.